The molecule has 0 bridgehead atoms. The lowest BCUT2D eigenvalue weighted by Crippen LogP contribution is -2.35. The highest BCUT2D eigenvalue weighted by molar-refractivity contribution is 6.33. The van der Waals surface area contributed by atoms with Crippen LogP contribution in [0.2, 0.25) is 5.02 Å². The number of nitrogens with one attached hydrogen (secondary N) is 1. The summed E-state index contributed by atoms with van der Waals surface area (Å²) in [5, 5.41) is 3.90. The van der Waals surface area contributed by atoms with Crippen molar-refractivity contribution in [2.75, 3.05) is 0 Å². The minimum Gasteiger partial charge on any atom is -0.308 e. The van der Waals surface area contributed by atoms with E-state index >= 15 is 0 Å². The van der Waals surface area contributed by atoms with Gasteiger partial charge in [-0.25, -0.2) is 0 Å². The fraction of sp³-hybridized carbons (Fsp3) is 0.462. The predicted molar refractivity (Wildman–Crippen MR) is 68.0 cm³/mol. The molecule has 0 amide bonds. The third kappa shape index (κ3) is 3.95. The molecule has 16 heavy (non-hydrogen) atoms. The maximum absolute atomic E-state index is 11.2. The van der Waals surface area contributed by atoms with Crippen LogP contribution in [-0.2, 0) is 6.54 Å². The van der Waals surface area contributed by atoms with Gasteiger partial charge < -0.3 is 5.32 Å². The third-order valence-electron chi connectivity index (χ3n) is 2.24. The highest BCUT2D eigenvalue weighted by atomic mass is 35.5. The Kier molecular flexibility index (Phi) is 4.11. The van der Waals surface area contributed by atoms with Gasteiger partial charge in [-0.3, -0.25) is 4.79 Å². The number of benzene rings is 1. The molecule has 0 aliphatic heterocycles. The summed E-state index contributed by atoms with van der Waals surface area (Å²) in [6.45, 7) is 8.60. The van der Waals surface area contributed by atoms with Gasteiger partial charge in [-0.2, -0.15) is 0 Å². The highest BCUT2D eigenvalue weighted by Gasteiger charge is 2.10. The quantitative estimate of drug-likeness (QED) is 0.819. The molecule has 0 atom stereocenters. The van der Waals surface area contributed by atoms with Crippen molar-refractivity contribution >= 4 is 17.4 Å². The Morgan fingerprint density at radius 1 is 1.38 bits per heavy atom. The van der Waals surface area contributed by atoms with E-state index in [9.17, 15) is 4.79 Å². The van der Waals surface area contributed by atoms with E-state index in [0.29, 0.717) is 10.6 Å². The molecule has 0 spiro atoms. The number of carbonyl (C=O) groups is 1. The van der Waals surface area contributed by atoms with E-state index in [1.807, 2.05) is 12.1 Å². The van der Waals surface area contributed by atoms with E-state index in [1.54, 1.807) is 6.07 Å². The number of halogens is 1. The summed E-state index contributed by atoms with van der Waals surface area (Å²) >= 11 is 6.03. The Morgan fingerprint density at radius 3 is 2.44 bits per heavy atom. The Labute approximate surface area is 102 Å². The fourth-order valence-corrected chi connectivity index (χ4v) is 1.66. The zero-order valence-electron chi connectivity index (χ0n) is 10.2. The SMILES string of the molecule is CC(=O)c1ccc(CNC(C)(C)C)cc1Cl. The molecule has 0 saturated heterocycles. The minimum atomic E-state index is 0.000306. The molecule has 1 rings (SSSR count). The summed E-state index contributed by atoms with van der Waals surface area (Å²) in [4.78, 5) is 11.2. The van der Waals surface area contributed by atoms with Crippen LogP contribution in [0.3, 0.4) is 0 Å². The highest BCUT2D eigenvalue weighted by Crippen LogP contribution is 2.18. The van der Waals surface area contributed by atoms with Gasteiger partial charge in [-0.15, -0.1) is 0 Å². The number of hydrogen-bond donors (Lipinski definition) is 1. The summed E-state index contributed by atoms with van der Waals surface area (Å²) in [6, 6.07) is 5.56. The van der Waals surface area contributed by atoms with E-state index in [4.69, 9.17) is 11.6 Å². The van der Waals surface area contributed by atoms with Crippen molar-refractivity contribution in [1.82, 2.24) is 5.32 Å². The lowest BCUT2D eigenvalue weighted by Gasteiger charge is -2.20. The fourth-order valence-electron chi connectivity index (χ4n) is 1.32. The first-order chi connectivity index (χ1) is 7.29. The van der Waals surface area contributed by atoms with Crippen molar-refractivity contribution < 1.29 is 4.79 Å². The predicted octanol–water partition coefficient (Wildman–Crippen LogP) is 3.43. The Hall–Kier alpha value is -0.860. The van der Waals surface area contributed by atoms with Gasteiger partial charge in [0.2, 0.25) is 0 Å². The molecule has 0 heterocycles. The largest absolute Gasteiger partial charge is 0.308 e. The molecule has 0 fully saturated rings. The van der Waals surface area contributed by atoms with Gasteiger partial charge in [0.05, 0.1) is 5.02 Å². The third-order valence-corrected chi connectivity index (χ3v) is 2.55. The first-order valence-electron chi connectivity index (χ1n) is 5.34. The number of rotatable bonds is 3. The molecule has 1 aromatic carbocycles. The normalized spacial score (nSPS) is 11.6. The molecule has 0 unspecified atom stereocenters. The topological polar surface area (TPSA) is 29.1 Å². The van der Waals surface area contributed by atoms with E-state index in [0.717, 1.165) is 12.1 Å². The molecule has 2 nitrogen and oxygen atoms in total. The Balaban J connectivity index is 2.78. The molecule has 0 radical (unpaired) electrons. The minimum absolute atomic E-state index is 0.000306. The van der Waals surface area contributed by atoms with Crippen molar-refractivity contribution in [3.63, 3.8) is 0 Å². The van der Waals surface area contributed by atoms with Crippen LogP contribution in [0, 0.1) is 0 Å². The Bertz CT molecular complexity index is 393. The molecular weight excluding hydrogens is 222 g/mol. The van der Waals surface area contributed by atoms with E-state index in [2.05, 4.69) is 26.1 Å². The second kappa shape index (κ2) is 4.98. The lowest BCUT2D eigenvalue weighted by atomic mass is 10.1. The molecular formula is C13H18ClNO. The van der Waals surface area contributed by atoms with Gasteiger partial charge >= 0.3 is 0 Å². The summed E-state index contributed by atoms with van der Waals surface area (Å²) in [7, 11) is 0. The number of Topliss-reactive ketones (excluding diaryl/α,β-unsaturated/α-hetero) is 1. The summed E-state index contributed by atoms with van der Waals surface area (Å²) in [5.74, 6) is 0.000306. The molecule has 0 aromatic heterocycles. The second-order valence-electron chi connectivity index (χ2n) is 4.97. The van der Waals surface area contributed by atoms with Crippen molar-refractivity contribution in [2.45, 2.75) is 39.8 Å². The van der Waals surface area contributed by atoms with Crippen LogP contribution >= 0.6 is 11.6 Å². The maximum atomic E-state index is 11.2. The van der Waals surface area contributed by atoms with E-state index < -0.39 is 0 Å². The van der Waals surface area contributed by atoms with Crippen LogP contribution in [0.5, 0.6) is 0 Å². The van der Waals surface area contributed by atoms with Crippen LogP contribution < -0.4 is 5.32 Å². The number of hydrogen-bond acceptors (Lipinski definition) is 2. The molecule has 0 saturated carbocycles. The van der Waals surface area contributed by atoms with Gasteiger partial charge in [0.25, 0.3) is 0 Å². The zero-order valence-corrected chi connectivity index (χ0v) is 11.0. The lowest BCUT2D eigenvalue weighted by molar-refractivity contribution is 0.101. The maximum Gasteiger partial charge on any atom is 0.161 e. The molecule has 1 aromatic rings. The first-order valence-corrected chi connectivity index (χ1v) is 5.72. The van der Waals surface area contributed by atoms with Gasteiger partial charge in [0.15, 0.2) is 5.78 Å². The van der Waals surface area contributed by atoms with Gasteiger partial charge in [-0.1, -0.05) is 17.7 Å². The van der Waals surface area contributed by atoms with Crippen LogP contribution in [0.1, 0.15) is 43.6 Å². The number of carbonyl (C=O) groups excluding carboxylic acids is 1. The Morgan fingerprint density at radius 2 is 2.00 bits per heavy atom. The monoisotopic (exact) mass is 239 g/mol. The molecule has 88 valence electrons. The zero-order chi connectivity index (χ0) is 12.3. The van der Waals surface area contributed by atoms with Crippen molar-refractivity contribution in [3.8, 4) is 0 Å². The van der Waals surface area contributed by atoms with Gasteiger partial charge in [0.1, 0.15) is 0 Å². The molecule has 3 heteroatoms. The summed E-state index contributed by atoms with van der Waals surface area (Å²) in [5.41, 5.74) is 1.75. The van der Waals surface area contributed by atoms with Crippen LogP contribution in [0.4, 0.5) is 0 Å². The van der Waals surface area contributed by atoms with Crippen molar-refractivity contribution in [1.29, 1.82) is 0 Å². The van der Waals surface area contributed by atoms with Crippen LogP contribution in [0.15, 0.2) is 18.2 Å². The number of ketones is 1. The van der Waals surface area contributed by atoms with Crippen molar-refractivity contribution in [2.24, 2.45) is 0 Å². The molecule has 1 N–H and O–H groups in total. The van der Waals surface area contributed by atoms with E-state index in [-0.39, 0.29) is 11.3 Å². The first kappa shape index (κ1) is 13.2. The standard InChI is InChI=1S/C13H18ClNO/c1-9(16)11-6-5-10(7-12(11)14)8-15-13(2,3)4/h5-7,15H,8H2,1-4H3. The van der Waals surface area contributed by atoms with Crippen LogP contribution in [0.25, 0.3) is 0 Å². The smallest absolute Gasteiger partial charge is 0.161 e. The van der Waals surface area contributed by atoms with E-state index in [1.165, 1.54) is 6.92 Å². The average molecular weight is 240 g/mol. The van der Waals surface area contributed by atoms with Crippen molar-refractivity contribution in [3.05, 3.63) is 34.3 Å². The molecule has 0 aliphatic carbocycles. The van der Waals surface area contributed by atoms with Crippen LogP contribution in [-0.4, -0.2) is 11.3 Å². The summed E-state index contributed by atoms with van der Waals surface area (Å²) in [6.07, 6.45) is 0. The summed E-state index contributed by atoms with van der Waals surface area (Å²) < 4.78 is 0. The average Bonchev–Trinajstić information content (AvgIpc) is 2.13. The van der Waals surface area contributed by atoms with Gasteiger partial charge in [0, 0.05) is 17.6 Å². The van der Waals surface area contributed by atoms with Gasteiger partial charge in [-0.05, 0) is 45.4 Å². The second-order valence-corrected chi connectivity index (χ2v) is 5.38. The molecule has 0 aliphatic rings.